The van der Waals surface area contributed by atoms with Crippen LogP contribution in [0.2, 0.25) is 0 Å². The van der Waals surface area contributed by atoms with Gasteiger partial charge in [0.15, 0.2) is 0 Å². The Balaban J connectivity index is 1.66. The van der Waals surface area contributed by atoms with Gasteiger partial charge in [-0.05, 0) is 62.7 Å². The number of ether oxygens (including phenoxy) is 1. The second-order valence-corrected chi connectivity index (χ2v) is 8.90. The minimum Gasteiger partial charge on any atom is -0.444 e. The Hall–Kier alpha value is -3.68. The van der Waals surface area contributed by atoms with E-state index in [1.54, 1.807) is 23.2 Å². The summed E-state index contributed by atoms with van der Waals surface area (Å²) < 4.78 is 21.1. The number of carbonyl (C=O) groups is 1. The quantitative estimate of drug-likeness (QED) is 0.484. The van der Waals surface area contributed by atoms with Gasteiger partial charge in [0, 0.05) is 35.5 Å². The molecule has 0 aliphatic carbocycles. The van der Waals surface area contributed by atoms with Crippen LogP contribution in [0.4, 0.5) is 9.18 Å². The van der Waals surface area contributed by atoms with Gasteiger partial charge in [0.25, 0.3) is 0 Å². The largest absolute Gasteiger partial charge is 0.444 e. The molecule has 0 saturated carbocycles. The third kappa shape index (κ3) is 3.62. The summed E-state index contributed by atoms with van der Waals surface area (Å²) in [4.78, 5) is 22.0. The lowest BCUT2D eigenvalue weighted by molar-refractivity contribution is 0.0195. The predicted octanol–water partition coefficient (Wildman–Crippen LogP) is 4.98. The summed E-state index contributed by atoms with van der Waals surface area (Å²) in [6, 6.07) is 10.3. The molecule has 5 rings (SSSR count). The fourth-order valence-electron chi connectivity index (χ4n) is 4.07. The minimum atomic E-state index is -0.570. The van der Waals surface area contributed by atoms with E-state index in [2.05, 4.69) is 9.97 Å². The highest BCUT2D eigenvalue weighted by atomic mass is 19.1. The Labute approximate surface area is 184 Å². The van der Waals surface area contributed by atoms with Gasteiger partial charge in [-0.1, -0.05) is 0 Å². The average Bonchev–Trinajstić information content (AvgIpc) is 3.37. The molecule has 0 fully saturated rings. The number of halogens is 1. The van der Waals surface area contributed by atoms with Crippen molar-refractivity contribution in [3.05, 3.63) is 60.3 Å². The molecule has 7 nitrogen and oxygen atoms in total. The van der Waals surface area contributed by atoms with Crippen LogP contribution >= 0.6 is 0 Å². The Kier molecular flexibility index (Phi) is 4.73. The normalized spacial score (nSPS) is 13.9. The Morgan fingerprint density at radius 1 is 1.12 bits per heavy atom. The highest BCUT2D eigenvalue weighted by Crippen LogP contribution is 2.39. The van der Waals surface area contributed by atoms with Gasteiger partial charge in [0.1, 0.15) is 22.8 Å². The summed E-state index contributed by atoms with van der Waals surface area (Å²) in [5.74, 6) is -0.299. The molecule has 32 heavy (non-hydrogen) atoms. The van der Waals surface area contributed by atoms with Gasteiger partial charge in [-0.25, -0.2) is 14.2 Å². The van der Waals surface area contributed by atoms with E-state index < -0.39 is 5.60 Å². The van der Waals surface area contributed by atoms with E-state index in [0.717, 1.165) is 39.1 Å². The van der Waals surface area contributed by atoms with Gasteiger partial charge in [-0.15, -0.1) is 0 Å². The number of H-pyrrole nitrogens is 1. The maximum absolute atomic E-state index is 13.6. The minimum absolute atomic E-state index is 0.299. The smallest absolute Gasteiger partial charge is 0.410 e. The van der Waals surface area contributed by atoms with Crippen molar-refractivity contribution in [2.45, 2.75) is 39.5 Å². The number of hydrogen-bond acceptors (Lipinski definition) is 4. The van der Waals surface area contributed by atoms with E-state index in [1.165, 1.54) is 12.1 Å². The highest BCUT2D eigenvalue weighted by Gasteiger charge is 2.31. The fourth-order valence-corrected chi connectivity index (χ4v) is 4.07. The molecule has 0 saturated heterocycles. The van der Waals surface area contributed by atoms with Crippen LogP contribution in [0.15, 0.2) is 48.8 Å². The van der Waals surface area contributed by atoms with Gasteiger partial charge < -0.3 is 14.6 Å². The number of fused-ring (bicyclic) bond motifs is 2. The first-order valence-corrected chi connectivity index (χ1v) is 10.6. The first-order valence-electron chi connectivity index (χ1n) is 10.6. The summed E-state index contributed by atoms with van der Waals surface area (Å²) in [5, 5.41) is 5.83. The monoisotopic (exact) mass is 433 g/mol. The van der Waals surface area contributed by atoms with E-state index in [1.807, 2.05) is 43.8 Å². The second kappa shape index (κ2) is 7.47. The van der Waals surface area contributed by atoms with Crippen molar-refractivity contribution in [2.24, 2.45) is 0 Å². The number of hydrogen-bond donors (Lipinski definition) is 1. The molecule has 8 heteroatoms. The average molecular weight is 433 g/mol. The van der Waals surface area contributed by atoms with Crippen molar-refractivity contribution < 1.29 is 13.9 Å². The summed E-state index contributed by atoms with van der Waals surface area (Å²) in [6.45, 7) is 6.99. The molecule has 0 atom stereocenters. The molecule has 1 N–H and O–H groups in total. The van der Waals surface area contributed by atoms with E-state index in [9.17, 15) is 9.18 Å². The number of nitrogens with one attached hydrogen (secondary N) is 1. The topological polar surface area (TPSA) is 76.0 Å². The standard InChI is InChI=1S/C24H24FN5O2/c1-24(2,3)32-23(31)29-12-13-30-19(14-29)20(17-8-10-26-22-18(17)9-11-27-22)21(28-30)15-4-6-16(25)7-5-15/h4-11H,12-14H2,1-3H3,(H,26,27). The SMILES string of the molecule is CC(C)(C)OC(=O)N1CCn2nc(-c3ccc(F)cc3)c(-c3ccnc4[nH]ccc34)c2C1. The lowest BCUT2D eigenvalue weighted by atomic mass is 9.97. The second-order valence-electron chi connectivity index (χ2n) is 8.90. The van der Waals surface area contributed by atoms with Crippen molar-refractivity contribution in [1.29, 1.82) is 0 Å². The van der Waals surface area contributed by atoms with Crippen molar-refractivity contribution >= 4 is 17.1 Å². The molecular formula is C24H24FN5O2. The molecule has 0 bridgehead atoms. The van der Waals surface area contributed by atoms with Crippen LogP contribution in [0.1, 0.15) is 26.5 Å². The first-order chi connectivity index (χ1) is 15.3. The molecule has 1 amide bonds. The molecule has 1 aliphatic heterocycles. The lowest BCUT2D eigenvalue weighted by Crippen LogP contribution is -2.41. The summed E-state index contributed by atoms with van der Waals surface area (Å²) in [6.07, 6.45) is 3.25. The van der Waals surface area contributed by atoms with Crippen molar-refractivity contribution in [1.82, 2.24) is 24.6 Å². The third-order valence-corrected chi connectivity index (χ3v) is 5.48. The molecule has 4 aromatic rings. The van der Waals surface area contributed by atoms with Crippen LogP contribution < -0.4 is 0 Å². The summed E-state index contributed by atoms with van der Waals surface area (Å²) in [5.41, 5.74) is 4.55. The van der Waals surface area contributed by atoms with Gasteiger partial charge >= 0.3 is 6.09 Å². The number of rotatable bonds is 2. The molecule has 1 aliphatic rings. The maximum Gasteiger partial charge on any atom is 0.410 e. The summed E-state index contributed by atoms with van der Waals surface area (Å²) in [7, 11) is 0. The van der Waals surface area contributed by atoms with Crippen LogP contribution in [0.3, 0.4) is 0 Å². The third-order valence-electron chi connectivity index (χ3n) is 5.48. The lowest BCUT2D eigenvalue weighted by Gasteiger charge is -2.30. The van der Waals surface area contributed by atoms with Gasteiger partial charge in [-0.2, -0.15) is 5.10 Å². The van der Waals surface area contributed by atoms with Gasteiger partial charge in [0.05, 0.1) is 18.8 Å². The molecule has 3 aromatic heterocycles. The van der Waals surface area contributed by atoms with Gasteiger partial charge in [0.2, 0.25) is 0 Å². The number of carbonyl (C=O) groups excluding carboxylic acids is 1. The van der Waals surface area contributed by atoms with E-state index in [-0.39, 0.29) is 11.9 Å². The van der Waals surface area contributed by atoms with Crippen LogP contribution in [0.25, 0.3) is 33.4 Å². The number of nitrogens with zero attached hydrogens (tertiary/aromatic N) is 4. The first kappa shape index (κ1) is 20.2. The zero-order valence-corrected chi connectivity index (χ0v) is 18.2. The van der Waals surface area contributed by atoms with Crippen molar-refractivity contribution in [3.8, 4) is 22.4 Å². The number of amides is 1. The van der Waals surface area contributed by atoms with Crippen LogP contribution in [0.5, 0.6) is 0 Å². The number of aromatic nitrogens is 4. The number of benzene rings is 1. The Morgan fingerprint density at radius 3 is 2.66 bits per heavy atom. The molecule has 4 heterocycles. The molecular weight excluding hydrogens is 409 g/mol. The molecule has 0 radical (unpaired) electrons. The molecule has 0 spiro atoms. The van der Waals surface area contributed by atoms with E-state index in [4.69, 9.17) is 9.84 Å². The van der Waals surface area contributed by atoms with E-state index >= 15 is 0 Å². The molecule has 0 unspecified atom stereocenters. The van der Waals surface area contributed by atoms with Gasteiger partial charge in [-0.3, -0.25) is 4.68 Å². The van der Waals surface area contributed by atoms with Crippen molar-refractivity contribution in [3.63, 3.8) is 0 Å². The summed E-state index contributed by atoms with van der Waals surface area (Å²) >= 11 is 0. The fraction of sp³-hybridized carbons (Fsp3) is 0.292. The Bertz CT molecular complexity index is 1300. The van der Waals surface area contributed by atoms with Crippen LogP contribution in [0, 0.1) is 5.82 Å². The van der Waals surface area contributed by atoms with Crippen LogP contribution in [-0.2, 0) is 17.8 Å². The molecule has 1 aromatic carbocycles. The predicted molar refractivity (Wildman–Crippen MR) is 119 cm³/mol. The molecule has 164 valence electrons. The number of aromatic amines is 1. The zero-order chi connectivity index (χ0) is 22.5. The zero-order valence-electron chi connectivity index (χ0n) is 18.2. The Morgan fingerprint density at radius 2 is 1.91 bits per heavy atom. The van der Waals surface area contributed by atoms with E-state index in [0.29, 0.717) is 19.6 Å². The van der Waals surface area contributed by atoms with Crippen molar-refractivity contribution in [2.75, 3.05) is 6.54 Å². The highest BCUT2D eigenvalue weighted by molar-refractivity contribution is 5.98. The number of pyridine rings is 1. The van der Waals surface area contributed by atoms with Crippen LogP contribution in [-0.4, -0.2) is 42.9 Å². The maximum atomic E-state index is 13.6.